The highest BCUT2D eigenvalue weighted by molar-refractivity contribution is 14.1. The maximum atomic E-state index is 3.58. The monoisotopic (exact) mass is 329 g/mol. The van der Waals surface area contributed by atoms with Crippen molar-refractivity contribution in [3.8, 4) is 0 Å². The van der Waals surface area contributed by atoms with E-state index in [9.17, 15) is 0 Å². The van der Waals surface area contributed by atoms with E-state index in [4.69, 9.17) is 0 Å². The van der Waals surface area contributed by atoms with E-state index in [1.807, 2.05) is 0 Å². The van der Waals surface area contributed by atoms with Crippen LogP contribution in [0.15, 0.2) is 18.2 Å². The van der Waals surface area contributed by atoms with Crippen LogP contribution in [-0.2, 0) is 0 Å². The van der Waals surface area contributed by atoms with Gasteiger partial charge in [-0.15, -0.1) is 0 Å². The topological polar surface area (TPSA) is 12.0 Å². The van der Waals surface area contributed by atoms with Gasteiger partial charge in [0.05, 0.1) is 0 Å². The molecule has 0 saturated heterocycles. The number of anilines is 1. The van der Waals surface area contributed by atoms with Gasteiger partial charge in [-0.05, 0) is 66.0 Å². The lowest BCUT2D eigenvalue weighted by molar-refractivity contribution is 0.373. The Morgan fingerprint density at radius 1 is 1.25 bits per heavy atom. The van der Waals surface area contributed by atoms with Crippen molar-refractivity contribution in [2.75, 3.05) is 11.9 Å². The van der Waals surface area contributed by atoms with Crippen molar-refractivity contribution in [1.29, 1.82) is 0 Å². The molecule has 0 bridgehead atoms. The molecule has 1 nitrogen and oxygen atoms in total. The third-order valence-corrected chi connectivity index (χ3v) is 4.65. The first-order valence-electron chi connectivity index (χ1n) is 6.26. The minimum Gasteiger partial charge on any atom is -0.385 e. The van der Waals surface area contributed by atoms with Gasteiger partial charge in [0.15, 0.2) is 0 Å². The summed E-state index contributed by atoms with van der Waals surface area (Å²) in [6, 6.07) is 6.64. The first-order chi connectivity index (χ1) is 7.75. The molecule has 0 aliphatic heterocycles. The molecular formula is C14H20IN. The summed E-state index contributed by atoms with van der Waals surface area (Å²) >= 11 is 2.40. The van der Waals surface area contributed by atoms with E-state index in [1.54, 1.807) is 0 Å². The lowest BCUT2D eigenvalue weighted by Crippen LogP contribution is -2.17. The van der Waals surface area contributed by atoms with Crippen molar-refractivity contribution in [2.24, 2.45) is 5.92 Å². The number of benzene rings is 1. The van der Waals surface area contributed by atoms with Crippen molar-refractivity contribution in [3.63, 3.8) is 0 Å². The minimum atomic E-state index is 0.896. The quantitative estimate of drug-likeness (QED) is 0.800. The second kappa shape index (κ2) is 5.89. The third-order valence-electron chi connectivity index (χ3n) is 3.49. The molecule has 1 fully saturated rings. The highest BCUT2D eigenvalue weighted by Gasteiger charge is 2.12. The van der Waals surface area contributed by atoms with Gasteiger partial charge in [-0.25, -0.2) is 0 Å². The van der Waals surface area contributed by atoms with E-state index < -0.39 is 0 Å². The Hall–Kier alpha value is -0.250. The van der Waals surface area contributed by atoms with Crippen LogP contribution in [0.1, 0.15) is 37.7 Å². The molecule has 1 aliphatic carbocycles. The van der Waals surface area contributed by atoms with E-state index in [2.05, 4.69) is 53.0 Å². The van der Waals surface area contributed by atoms with Crippen molar-refractivity contribution in [1.82, 2.24) is 0 Å². The van der Waals surface area contributed by atoms with Gasteiger partial charge in [-0.2, -0.15) is 0 Å². The summed E-state index contributed by atoms with van der Waals surface area (Å²) in [6.45, 7) is 3.31. The van der Waals surface area contributed by atoms with Gasteiger partial charge in [-0.3, -0.25) is 0 Å². The highest BCUT2D eigenvalue weighted by Crippen LogP contribution is 2.24. The Morgan fingerprint density at radius 3 is 2.69 bits per heavy atom. The fourth-order valence-corrected chi connectivity index (χ4v) is 2.87. The number of aryl methyl sites for hydroxylation is 1. The molecule has 0 unspecified atom stereocenters. The summed E-state index contributed by atoms with van der Waals surface area (Å²) in [5.74, 6) is 0.896. The maximum Gasteiger partial charge on any atom is 0.0351 e. The molecule has 16 heavy (non-hydrogen) atoms. The van der Waals surface area contributed by atoms with Crippen LogP contribution >= 0.6 is 22.6 Å². The van der Waals surface area contributed by atoms with Gasteiger partial charge in [0.1, 0.15) is 0 Å². The molecule has 1 aromatic carbocycles. The van der Waals surface area contributed by atoms with Gasteiger partial charge < -0.3 is 5.32 Å². The van der Waals surface area contributed by atoms with E-state index >= 15 is 0 Å². The van der Waals surface area contributed by atoms with Crippen molar-refractivity contribution < 1.29 is 0 Å². The molecule has 0 atom stereocenters. The molecule has 0 heterocycles. The lowest BCUT2D eigenvalue weighted by Gasteiger charge is -2.22. The van der Waals surface area contributed by atoms with E-state index in [0.717, 1.165) is 12.5 Å². The largest absolute Gasteiger partial charge is 0.385 e. The second-order valence-electron chi connectivity index (χ2n) is 4.85. The Bertz CT molecular complexity index is 343. The van der Waals surface area contributed by atoms with Crippen LogP contribution in [0, 0.1) is 16.4 Å². The number of hydrogen-bond acceptors (Lipinski definition) is 1. The normalized spacial score (nSPS) is 17.4. The molecule has 1 aliphatic rings. The summed E-state index contributed by atoms with van der Waals surface area (Å²) in [7, 11) is 0. The van der Waals surface area contributed by atoms with Crippen LogP contribution in [0.5, 0.6) is 0 Å². The van der Waals surface area contributed by atoms with Crippen LogP contribution in [-0.4, -0.2) is 6.54 Å². The molecule has 1 N–H and O–H groups in total. The molecular weight excluding hydrogens is 309 g/mol. The van der Waals surface area contributed by atoms with Crippen LogP contribution in [0.4, 0.5) is 5.69 Å². The second-order valence-corrected chi connectivity index (χ2v) is 6.01. The Balaban J connectivity index is 1.86. The first-order valence-corrected chi connectivity index (χ1v) is 7.33. The molecule has 2 rings (SSSR count). The van der Waals surface area contributed by atoms with Gasteiger partial charge in [-0.1, -0.05) is 25.3 Å². The summed E-state index contributed by atoms with van der Waals surface area (Å²) < 4.78 is 1.35. The van der Waals surface area contributed by atoms with E-state index in [1.165, 1.54) is 46.9 Å². The summed E-state index contributed by atoms with van der Waals surface area (Å²) in [6.07, 6.45) is 7.13. The Labute approximate surface area is 112 Å². The highest BCUT2D eigenvalue weighted by atomic mass is 127. The number of nitrogens with one attached hydrogen (secondary N) is 1. The van der Waals surface area contributed by atoms with E-state index in [-0.39, 0.29) is 0 Å². The predicted molar refractivity (Wildman–Crippen MR) is 79.0 cm³/mol. The average molecular weight is 329 g/mol. The van der Waals surface area contributed by atoms with Crippen LogP contribution in [0.3, 0.4) is 0 Å². The smallest absolute Gasteiger partial charge is 0.0351 e. The molecule has 0 radical (unpaired) electrons. The molecule has 88 valence electrons. The Morgan fingerprint density at radius 2 is 2.00 bits per heavy atom. The molecule has 2 heteroatoms. The minimum absolute atomic E-state index is 0.896. The van der Waals surface area contributed by atoms with Gasteiger partial charge in [0.25, 0.3) is 0 Å². The van der Waals surface area contributed by atoms with Crippen molar-refractivity contribution in [2.45, 2.75) is 39.0 Å². The van der Waals surface area contributed by atoms with Gasteiger partial charge >= 0.3 is 0 Å². The molecule has 0 amide bonds. The number of halogens is 1. The molecule has 0 aromatic heterocycles. The lowest BCUT2D eigenvalue weighted by atomic mass is 9.89. The maximum absolute atomic E-state index is 3.58. The van der Waals surface area contributed by atoms with Crippen LogP contribution in [0.2, 0.25) is 0 Å². The SMILES string of the molecule is Cc1ccc(NCC2CCCCC2)cc1I. The first kappa shape index (κ1) is 12.2. The van der Waals surface area contributed by atoms with Crippen LogP contribution in [0.25, 0.3) is 0 Å². The van der Waals surface area contributed by atoms with Crippen molar-refractivity contribution >= 4 is 28.3 Å². The fourth-order valence-electron chi connectivity index (χ4n) is 2.36. The number of hydrogen-bond donors (Lipinski definition) is 1. The molecule has 0 spiro atoms. The summed E-state index contributed by atoms with van der Waals surface area (Å²) in [5, 5.41) is 3.58. The Kier molecular flexibility index (Phi) is 4.50. The third kappa shape index (κ3) is 3.37. The number of rotatable bonds is 3. The summed E-state index contributed by atoms with van der Waals surface area (Å²) in [4.78, 5) is 0. The molecule has 1 saturated carbocycles. The van der Waals surface area contributed by atoms with E-state index in [0.29, 0.717) is 0 Å². The average Bonchev–Trinajstić information content (AvgIpc) is 2.32. The zero-order valence-corrected chi connectivity index (χ0v) is 12.1. The van der Waals surface area contributed by atoms with Crippen molar-refractivity contribution in [3.05, 3.63) is 27.3 Å². The summed E-state index contributed by atoms with van der Waals surface area (Å²) in [5.41, 5.74) is 2.64. The molecule has 1 aromatic rings. The van der Waals surface area contributed by atoms with Gasteiger partial charge in [0.2, 0.25) is 0 Å². The predicted octanol–water partition coefficient (Wildman–Crippen LogP) is 4.59. The standard InChI is InChI=1S/C14H20IN/c1-11-7-8-13(9-14(11)15)16-10-12-5-3-2-4-6-12/h7-9,12,16H,2-6,10H2,1H3. The fraction of sp³-hybridized carbons (Fsp3) is 0.571. The van der Waals surface area contributed by atoms with Gasteiger partial charge in [0, 0.05) is 15.8 Å². The van der Waals surface area contributed by atoms with Crippen LogP contribution < -0.4 is 5.32 Å². The zero-order chi connectivity index (χ0) is 11.4. The zero-order valence-electron chi connectivity index (χ0n) is 9.93.